The molecule has 0 saturated carbocycles. The molecule has 0 radical (unpaired) electrons. The van der Waals surface area contributed by atoms with Gasteiger partial charge in [0.25, 0.3) is 0 Å². The molecule has 0 bridgehead atoms. The third kappa shape index (κ3) is 2.72. The van der Waals surface area contributed by atoms with Crippen LogP contribution in [0.2, 0.25) is 0 Å². The zero-order chi connectivity index (χ0) is 14.8. The highest BCUT2D eigenvalue weighted by Gasteiger charge is 2.08. The quantitative estimate of drug-likeness (QED) is 0.681. The summed E-state index contributed by atoms with van der Waals surface area (Å²) >= 11 is 0. The maximum Gasteiger partial charge on any atom is 0.165 e. The minimum atomic E-state index is -0.657. The summed E-state index contributed by atoms with van der Waals surface area (Å²) in [5.41, 5.74) is 3.37. The molecule has 1 aromatic heterocycles. The van der Waals surface area contributed by atoms with E-state index in [1.807, 2.05) is 31.2 Å². The Bertz CT molecular complexity index is 783. The summed E-state index contributed by atoms with van der Waals surface area (Å²) in [5.74, 6) is -0.375. The first-order valence-corrected chi connectivity index (χ1v) is 6.50. The number of phenols is 1. The maximum atomic E-state index is 13.4. The van der Waals surface area contributed by atoms with Crippen LogP contribution in [0.5, 0.6) is 5.75 Å². The van der Waals surface area contributed by atoms with Gasteiger partial charge in [-0.15, -0.1) is 0 Å². The van der Waals surface area contributed by atoms with Crippen LogP contribution >= 0.6 is 0 Å². The summed E-state index contributed by atoms with van der Waals surface area (Å²) in [6, 6.07) is 13.9. The zero-order valence-corrected chi connectivity index (χ0v) is 11.4. The normalized spacial score (nSPS) is 10.6. The summed E-state index contributed by atoms with van der Waals surface area (Å²) in [4.78, 5) is 0. The lowest BCUT2D eigenvalue weighted by molar-refractivity contribution is 0.432. The SMILES string of the molecule is Cc1ccccc1Nc1cc(-c2ccc(O)c(F)c2)[nH]n1. The Balaban J connectivity index is 1.86. The highest BCUT2D eigenvalue weighted by atomic mass is 19.1. The van der Waals surface area contributed by atoms with E-state index in [2.05, 4.69) is 15.5 Å². The molecule has 106 valence electrons. The van der Waals surface area contributed by atoms with Gasteiger partial charge in [0.1, 0.15) is 0 Å². The molecule has 0 aliphatic heterocycles. The van der Waals surface area contributed by atoms with Crippen molar-refractivity contribution in [3.8, 4) is 17.0 Å². The Labute approximate surface area is 121 Å². The molecule has 0 amide bonds. The molecule has 3 rings (SSSR count). The number of anilines is 2. The molecular formula is C16H14FN3O. The van der Waals surface area contributed by atoms with E-state index in [0.717, 1.165) is 11.3 Å². The second-order valence-corrected chi connectivity index (χ2v) is 4.77. The number of benzene rings is 2. The third-order valence-corrected chi connectivity index (χ3v) is 3.24. The molecule has 2 aromatic carbocycles. The van der Waals surface area contributed by atoms with Crippen LogP contribution in [0.1, 0.15) is 5.56 Å². The summed E-state index contributed by atoms with van der Waals surface area (Å²) in [6.07, 6.45) is 0. The van der Waals surface area contributed by atoms with Gasteiger partial charge < -0.3 is 10.4 Å². The number of aromatic amines is 1. The second-order valence-electron chi connectivity index (χ2n) is 4.77. The Morgan fingerprint density at radius 1 is 1.14 bits per heavy atom. The van der Waals surface area contributed by atoms with Gasteiger partial charge in [0.2, 0.25) is 0 Å². The summed E-state index contributed by atoms with van der Waals surface area (Å²) in [5, 5.41) is 19.4. The average Bonchev–Trinajstić information content (AvgIpc) is 2.93. The topological polar surface area (TPSA) is 60.9 Å². The highest BCUT2D eigenvalue weighted by molar-refractivity contribution is 5.67. The van der Waals surface area contributed by atoms with Crippen molar-refractivity contribution in [2.45, 2.75) is 6.92 Å². The van der Waals surface area contributed by atoms with Crippen LogP contribution in [-0.4, -0.2) is 15.3 Å². The number of aryl methyl sites for hydroxylation is 1. The van der Waals surface area contributed by atoms with Gasteiger partial charge in [-0.05, 0) is 36.8 Å². The van der Waals surface area contributed by atoms with Crippen LogP contribution in [-0.2, 0) is 0 Å². The number of hydrogen-bond donors (Lipinski definition) is 3. The fourth-order valence-electron chi connectivity index (χ4n) is 2.06. The molecule has 0 fully saturated rings. The smallest absolute Gasteiger partial charge is 0.165 e. The number of rotatable bonds is 3. The van der Waals surface area contributed by atoms with Gasteiger partial charge in [0.15, 0.2) is 17.4 Å². The molecule has 3 N–H and O–H groups in total. The summed E-state index contributed by atoms with van der Waals surface area (Å²) in [6.45, 7) is 2.01. The average molecular weight is 283 g/mol. The first-order valence-electron chi connectivity index (χ1n) is 6.50. The standard InChI is InChI=1S/C16H14FN3O/c1-10-4-2-3-5-13(10)18-16-9-14(19-20-16)11-6-7-15(21)12(17)8-11/h2-9,21H,1H3,(H2,18,19,20). The van der Waals surface area contributed by atoms with Gasteiger partial charge in [-0.2, -0.15) is 5.10 Å². The van der Waals surface area contributed by atoms with Gasteiger partial charge in [0, 0.05) is 17.3 Å². The molecule has 0 aliphatic rings. The number of H-pyrrole nitrogens is 1. The van der Waals surface area contributed by atoms with E-state index in [9.17, 15) is 9.50 Å². The number of hydrogen-bond acceptors (Lipinski definition) is 3. The van der Waals surface area contributed by atoms with Crippen LogP contribution in [0.25, 0.3) is 11.3 Å². The molecular weight excluding hydrogens is 269 g/mol. The number of phenolic OH excluding ortho intramolecular Hbond substituents is 1. The fraction of sp³-hybridized carbons (Fsp3) is 0.0625. The number of aromatic hydroxyl groups is 1. The van der Waals surface area contributed by atoms with Crippen molar-refractivity contribution in [3.63, 3.8) is 0 Å². The predicted molar refractivity (Wildman–Crippen MR) is 80.1 cm³/mol. The number of aromatic nitrogens is 2. The molecule has 5 heteroatoms. The highest BCUT2D eigenvalue weighted by Crippen LogP contribution is 2.26. The first kappa shape index (κ1) is 13.2. The lowest BCUT2D eigenvalue weighted by Crippen LogP contribution is -1.92. The molecule has 1 heterocycles. The van der Waals surface area contributed by atoms with Gasteiger partial charge in [0.05, 0.1) is 5.69 Å². The van der Waals surface area contributed by atoms with Gasteiger partial charge >= 0.3 is 0 Å². The van der Waals surface area contributed by atoms with Crippen LogP contribution < -0.4 is 5.32 Å². The van der Waals surface area contributed by atoms with E-state index in [1.54, 1.807) is 12.1 Å². The molecule has 0 atom stereocenters. The van der Waals surface area contributed by atoms with Crippen molar-refractivity contribution in [1.82, 2.24) is 10.2 Å². The minimum absolute atomic E-state index is 0.364. The predicted octanol–water partition coefficient (Wildman–Crippen LogP) is 3.97. The molecule has 0 spiro atoms. The molecule has 0 unspecified atom stereocenters. The summed E-state index contributed by atoms with van der Waals surface area (Å²) < 4.78 is 13.4. The Kier molecular flexibility index (Phi) is 3.31. The monoisotopic (exact) mass is 283 g/mol. The van der Waals surface area contributed by atoms with Crippen molar-refractivity contribution < 1.29 is 9.50 Å². The van der Waals surface area contributed by atoms with Crippen molar-refractivity contribution in [3.05, 3.63) is 59.9 Å². The van der Waals surface area contributed by atoms with Crippen molar-refractivity contribution in [2.24, 2.45) is 0 Å². The number of nitrogens with one attached hydrogen (secondary N) is 2. The van der Waals surface area contributed by atoms with Crippen LogP contribution in [0.3, 0.4) is 0 Å². The minimum Gasteiger partial charge on any atom is -0.505 e. The van der Waals surface area contributed by atoms with E-state index >= 15 is 0 Å². The zero-order valence-electron chi connectivity index (χ0n) is 11.4. The molecule has 4 nitrogen and oxygen atoms in total. The number of para-hydroxylation sites is 1. The van der Waals surface area contributed by atoms with Gasteiger partial charge in [-0.1, -0.05) is 18.2 Å². The molecule has 21 heavy (non-hydrogen) atoms. The van der Waals surface area contributed by atoms with E-state index in [1.165, 1.54) is 12.1 Å². The summed E-state index contributed by atoms with van der Waals surface area (Å²) in [7, 11) is 0. The van der Waals surface area contributed by atoms with Crippen molar-refractivity contribution in [2.75, 3.05) is 5.32 Å². The van der Waals surface area contributed by atoms with Crippen molar-refractivity contribution in [1.29, 1.82) is 0 Å². The van der Waals surface area contributed by atoms with Gasteiger partial charge in [-0.25, -0.2) is 4.39 Å². The Hall–Kier alpha value is -2.82. The third-order valence-electron chi connectivity index (χ3n) is 3.24. The Morgan fingerprint density at radius 2 is 1.95 bits per heavy atom. The lowest BCUT2D eigenvalue weighted by atomic mass is 10.1. The second kappa shape index (κ2) is 5.28. The Morgan fingerprint density at radius 3 is 2.71 bits per heavy atom. The van der Waals surface area contributed by atoms with Crippen LogP contribution in [0.4, 0.5) is 15.9 Å². The molecule has 0 aliphatic carbocycles. The molecule has 3 aromatic rings. The van der Waals surface area contributed by atoms with E-state index in [0.29, 0.717) is 17.1 Å². The van der Waals surface area contributed by atoms with Crippen LogP contribution in [0.15, 0.2) is 48.5 Å². The number of nitrogens with zero attached hydrogens (tertiary/aromatic N) is 1. The van der Waals surface area contributed by atoms with Crippen molar-refractivity contribution >= 4 is 11.5 Å². The molecule has 0 saturated heterocycles. The van der Waals surface area contributed by atoms with E-state index < -0.39 is 5.82 Å². The number of halogens is 1. The maximum absolute atomic E-state index is 13.4. The first-order chi connectivity index (χ1) is 10.1. The largest absolute Gasteiger partial charge is 0.505 e. The fourth-order valence-corrected chi connectivity index (χ4v) is 2.06. The lowest BCUT2D eigenvalue weighted by Gasteiger charge is -2.05. The van der Waals surface area contributed by atoms with E-state index in [-0.39, 0.29) is 5.75 Å². The van der Waals surface area contributed by atoms with Crippen LogP contribution in [0, 0.1) is 12.7 Å². The van der Waals surface area contributed by atoms with E-state index in [4.69, 9.17) is 0 Å². The van der Waals surface area contributed by atoms with Gasteiger partial charge in [-0.3, -0.25) is 5.10 Å².